The number of hydrogen-bond acceptors (Lipinski definition) is 4. The fraction of sp³-hybridized carbons (Fsp3) is 0.667. The molecule has 0 spiro atoms. The van der Waals surface area contributed by atoms with Crippen LogP contribution in [0.3, 0.4) is 0 Å². The summed E-state index contributed by atoms with van der Waals surface area (Å²) >= 11 is 1.38. The number of anilines is 1. The second kappa shape index (κ2) is 4.29. The van der Waals surface area contributed by atoms with E-state index in [9.17, 15) is 4.79 Å². The SMILES string of the molecule is O=C(O)c1ncsc1NCC1CC2CCC1C2. The number of thiazole rings is 1. The largest absolute Gasteiger partial charge is 0.476 e. The molecule has 3 atom stereocenters. The normalized spacial score (nSPS) is 30.7. The zero-order valence-electron chi connectivity index (χ0n) is 9.56. The van der Waals surface area contributed by atoms with E-state index >= 15 is 0 Å². The molecule has 3 rings (SSSR count). The lowest BCUT2D eigenvalue weighted by molar-refractivity contribution is 0.0692. The van der Waals surface area contributed by atoms with Crippen LogP contribution < -0.4 is 5.32 Å². The van der Waals surface area contributed by atoms with Crippen molar-refractivity contribution in [3.8, 4) is 0 Å². The Morgan fingerprint density at radius 2 is 2.41 bits per heavy atom. The van der Waals surface area contributed by atoms with Crippen molar-refractivity contribution in [3.63, 3.8) is 0 Å². The summed E-state index contributed by atoms with van der Waals surface area (Å²) in [6, 6.07) is 0. The van der Waals surface area contributed by atoms with Crippen LogP contribution in [0.1, 0.15) is 36.2 Å². The van der Waals surface area contributed by atoms with E-state index in [0.29, 0.717) is 5.00 Å². The molecule has 2 fully saturated rings. The van der Waals surface area contributed by atoms with Crippen LogP contribution in [-0.4, -0.2) is 22.6 Å². The summed E-state index contributed by atoms with van der Waals surface area (Å²) in [5.41, 5.74) is 1.75. The molecule has 0 aliphatic heterocycles. The second-order valence-electron chi connectivity index (χ2n) is 5.15. The number of carboxylic acids is 1. The summed E-state index contributed by atoms with van der Waals surface area (Å²) in [6.45, 7) is 0.906. The third-order valence-corrected chi connectivity index (χ3v) is 4.96. The molecule has 3 unspecified atom stereocenters. The summed E-state index contributed by atoms with van der Waals surface area (Å²) in [6.07, 6.45) is 5.48. The minimum atomic E-state index is -0.943. The van der Waals surface area contributed by atoms with Crippen LogP contribution in [0, 0.1) is 17.8 Å². The molecular formula is C12H16N2O2S. The Labute approximate surface area is 104 Å². The molecule has 1 aromatic rings. The molecule has 92 valence electrons. The van der Waals surface area contributed by atoms with E-state index in [1.807, 2.05) is 0 Å². The number of nitrogens with one attached hydrogen (secondary N) is 1. The number of carboxylic acid groups (broad SMARTS) is 1. The van der Waals surface area contributed by atoms with Gasteiger partial charge in [0.1, 0.15) is 5.00 Å². The van der Waals surface area contributed by atoms with Gasteiger partial charge < -0.3 is 10.4 Å². The third-order valence-electron chi connectivity index (χ3n) is 4.18. The molecule has 17 heavy (non-hydrogen) atoms. The Bertz CT molecular complexity index is 432. The lowest BCUT2D eigenvalue weighted by Gasteiger charge is -2.21. The number of nitrogens with zero attached hydrogens (tertiary/aromatic N) is 1. The standard InChI is InChI=1S/C12H16N2O2S/c15-12(16)10-11(17-6-14-10)13-5-9-4-7-1-2-8(9)3-7/h6-9,13H,1-5H2,(H,15,16). The van der Waals surface area contributed by atoms with Crippen molar-refractivity contribution in [1.82, 2.24) is 4.98 Å². The van der Waals surface area contributed by atoms with E-state index in [2.05, 4.69) is 10.3 Å². The van der Waals surface area contributed by atoms with Crippen molar-refractivity contribution < 1.29 is 9.90 Å². The molecule has 1 aromatic heterocycles. The number of carbonyl (C=O) groups is 1. The van der Waals surface area contributed by atoms with Gasteiger partial charge in [0.15, 0.2) is 5.69 Å². The minimum absolute atomic E-state index is 0.165. The monoisotopic (exact) mass is 252 g/mol. The zero-order chi connectivity index (χ0) is 11.8. The van der Waals surface area contributed by atoms with Crippen LogP contribution in [0.15, 0.2) is 5.51 Å². The van der Waals surface area contributed by atoms with Gasteiger partial charge in [0.05, 0.1) is 5.51 Å². The van der Waals surface area contributed by atoms with Crippen LogP contribution >= 0.6 is 11.3 Å². The molecule has 2 aliphatic carbocycles. The predicted octanol–water partition coefficient (Wildman–Crippen LogP) is 2.69. The molecule has 4 nitrogen and oxygen atoms in total. The molecule has 2 N–H and O–H groups in total. The Hall–Kier alpha value is -1.10. The van der Waals surface area contributed by atoms with Crippen molar-refractivity contribution in [2.75, 3.05) is 11.9 Å². The number of fused-ring (bicyclic) bond motifs is 2. The van der Waals surface area contributed by atoms with Crippen LogP contribution in [-0.2, 0) is 0 Å². The molecule has 2 saturated carbocycles. The summed E-state index contributed by atoms with van der Waals surface area (Å²) in [5, 5.41) is 12.9. The van der Waals surface area contributed by atoms with E-state index in [-0.39, 0.29) is 5.69 Å². The molecule has 0 aromatic carbocycles. The first-order valence-corrected chi connectivity index (χ1v) is 7.02. The van der Waals surface area contributed by atoms with Crippen LogP contribution in [0.4, 0.5) is 5.00 Å². The van der Waals surface area contributed by atoms with Gasteiger partial charge in [-0.05, 0) is 37.0 Å². The van der Waals surface area contributed by atoms with Gasteiger partial charge in [0.25, 0.3) is 0 Å². The van der Waals surface area contributed by atoms with Crippen LogP contribution in [0.5, 0.6) is 0 Å². The Morgan fingerprint density at radius 1 is 1.53 bits per heavy atom. The lowest BCUT2D eigenvalue weighted by atomic mass is 9.89. The predicted molar refractivity (Wildman–Crippen MR) is 66.5 cm³/mol. The van der Waals surface area contributed by atoms with Gasteiger partial charge >= 0.3 is 5.97 Å². The third kappa shape index (κ3) is 2.04. The van der Waals surface area contributed by atoms with Gasteiger partial charge in [-0.2, -0.15) is 0 Å². The Morgan fingerprint density at radius 3 is 3.06 bits per heavy atom. The highest BCUT2D eigenvalue weighted by molar-refractivity contribution is 7.14. The quantitative estimate of drug-likeness (QED) is 0.865. The van der Waals surface area contributed by atoms with Crippen LogP contribution in [0.2, 0.25) is 0 Å². The molecule has 0 amide bonds. The summed E-state index contributed by atoms with van der Waals surface area (Å²) in [7, 11) is 0. The van der Waals surface area contributed by atoms with Crippen molar-refractivity contribution in [1.29, 1.82) is 0 Å². The maximum atomic E-state index is 10.9. The highest BCUT2D eigenvalue weighted by Gasteiger charge is 2.39. The number of aromatic nitrogens is 1. The van der Waals surface area contributed by atoms with E-state index in [1.54, 1.807) is 5.51 Å². The molecule has 5 heteroatoms. The first-order valence-electron chi connectivity index (χ1n) is 6.14. The van der Waals surface area contributed by atoms with Crippen molar-refractivity contribution >= 4 is 22.3 Å². The van der Waals surface area contributed by atoms with E-state index < -0.39 is 5.97 Å². The fourth-order valence-electron chi connectivity index (χ4n) is 3.37. The maximum absolute atomic E-state index is 10.9. The highest BCUT2D eigenvalue weighted by atomic mass is 32.1. The average Bonchev–Trinajstić information content (AvgIpc) is 3.01. The van der Waals surface area contributed by atoms with Gasteiger partial charge in [0, 0.05) is 6.54 Å². The molecular weight excluding hydrogens is 236 g/mol. The zero-order valence-corrected chi connectivity index (χ0v) is 10.4. The number of hydrogen-bond donors (Lipinski definition) is 2. The summed E-state index contributed by atoms with van der Waals surface area (Å²) in [5.74, 6) is 1.60. The van der Waals surface area contributed by atoms with E-state index in [1.165, 1.54) is 37.0 Å². The minimum Gasteiger partial charge on any atom is -0.476 e. The summed E-state index contributed by atoms with van der Waals surface area (Å²) in [4.78, 5) is 14.8. The fourth-order valence-corrected chi connectivity index (χ4v) is 4.06. The number of aromatic carboxylic acids is 1. The first kappa shape index (κ1) is 11.0. The van der Waals surface area contributed by atoms with Crippen molar-refractivity contribution in [2.45, 2.75) is 25.7 Å². The van der Waals surface area contributed by atoms with Gasteiger partial charge in [-0.15, -0.1) is 11.3 Å². The van der Waals surface area contributed by atoms with Gasteiger partial charge in [0.2, 0.25) is 0 Å². The lowest BCUT2D eigenvalue weighted by Crippen LogP contribution is -2.20. The Kier molecular flexibility index (Phi) is 2.78. The molecule has 2 bridgehead atoms. The van der Waals surface area contributed by atoms with Crippen molar-refractivity contribution in [3.05, 3.63) is 11.2 Å². The molecule has 0 radical (unpaired) electrons. The van der Waals surface area contributed by atoms with E-state index in [4.69, 9.17) is 5.11 Å². The van der Waals surface area contributed by atoms with Gasteiger partial charge in [-0.25, -0.2) is 9.78 Å². The topological polar surface area (TPSA) is 62.2 Å². The van der Waals surface area contributed by atoms with E-state index in [0.717, 1.165) is 24.3 Å². The Balaban J connectivity index is 1.60. The maximum Gasteiger partial charge on any atom is 0.357 e. The average molecular weight is 252 g/mol. The first-order chi connectivity index (χ1) is 8.24. The van der Waals surface area contributed by atoms with Crippen LogP contribution in [0.25, 0.3) is 0 Å². The molecule has 0 saturated heterocycles. The molecule has 1 heterocycles. The highest BCUT2D eigenvalue weighted by Crippen LogP contribution is 2.48. The second-order valence-corrected chi connectivity index (χ2v) is 6.01. The smallest absolute Gasteiger partial charge is 0.357 e. The van der Waals surface area contributed by atoms with Crippen molar-refractivity contribution in [2.24, 2.45) is 17.8 Å². The van der Waals surface area contributed by atoms with Gasteiger partial charge in [-0.3, -0.25) is 0 Å². The summed E-state index contributed by atoms with van der Waals surface area (Å²) < 4.78 is 0. The molecule has 2 aliphatic rings. The number of rotatable bonds is 4. The van der Waals surface area contributed by atoms with Gasteiger partial charge in [-0.1, -0.05) is 6.42 Å².